The smallest absolute Gasteiger partial charge is 0.317 e. The topological polar surface area (TPSA) is 117 Å². The van der Waals surface area contributed by atoms with Crippen LogP contribution in [0.25, 0.3) is 0 Å². The second-order valence-corrected chi connectivity index (χ2v) is 9.64. The van der Waals surface area contributed by atoms with E-state index in [-0.39, 0.29) is 24.5 Å². The molecule has 1 aromatic heterocycles. The molecule has 1 aromatic carbocycles. The highest BCUT2D eigenvalue weighted by Gasteiger charge is 2.30. The molecule has 9 nitrogen and oxygen atoms in total. The van der Waals surface area contributed by atoms with Gasteiger partial charge in [0.1, 0.15) is 18.1 Å². The number of carbonyl (C=O) groups is 2. The van der Waals surface area contributed by atoms with Crippen molar-refractivity contribution in [3.8, 4) is 5.75 Å². The summed E-state index contributed by atoms with van der Waals surface area (Å²) in [6.45, 7) is 4.89. The lowest BCUT2D eigenvalue weighted by atomic mass is 9.96. The molecule has 0 unspecified atom stereocenters. The Balaban J connectivity index is 1.32. The van der Waals surface area contributed by atoms with Crippen LogP contribution in [0.1, 0.15) is 72.3 Å². The monoisotopic (exact) mass is 484 g/mol. The quantitative estimate of drug-likeness (QED) is 0.578. The van der Waals surface area contributed by atoms with Crippen molar-refractivity contribution in [2.75, 3.05) is 13.1 Å². The number of benzene rings is 1. The Morgan fingerprint density at radius 1 is 1.09 bits per heavy atom. The minimum absolute atomic E-state index is 0.106. The number of aromatic nitrogens is 1. The first-order valence-corrected chi connectivity index (χ1v) is 12.6. The van der Waals surface area contributed by atoms with Crippen LogP contribution in [-0.2, 0) is 6.61 Å². The summed E-state index contributed by atoms with van der Waals surface area (Å²) < 4.78 is 11.0. The van der Waals surface area contributed by atoms with E-state index < -0.39 is 12.1 Å². The van der Waals surface area contributed by atoms with Gasteiger partial charge in [0, 0.05) is 24.7 Å². The minimum Gasteiger partial charge on any atom is -0.489 e. The Morgan fingerprint density at radius 2 is 1.83 bits per heavy atom. The Labute approximate surface area is 206 Å². The molecule has 2 atom stereocenters. The van der Waals surface area contributed by atoms with E-state index in [2.05, 4.69) is 15.8 Å². The molecule has 1 aliphatic carbocycles. The highest BCUT2D eigenvalue weighted by atomic mass is 16.5. The SMILES string of the molecule is Cc1noc(C)c1COc1ccc(C(=O)N[C@H]2CN(C(=O)NC3CCCCC3)CCC[C@H]2O)cc1. The van der Waals surface area contributed by atoms with Crippen LogP contribution in [0.4, 0.5) is 4.79 Å². The molecule has 2 fully saturated rings. The molecule has 0 radical (unpaired) electrons. The van der Waals surface area contributed by atoms with Gasteiger partial charge in [0.2, 0.25) is 0 Å². The Kier molecular flexibility index (Phi) is 8.28. The average Bonchev–Trinajstić information content (AvgIpc) is 3.06. The summed E-state index contributed by atoms with van der Waals surface area (Å²) in [7, 11) is 0. The summed E-state index contributed by atoms with van der Waals surface area (Å²) in [5, 5.41) is 20.6. The predicted octanol–water partition coefficient (Wildman–Crippen LogP) is 3.47. The van der Waals surface area contributed by atoms with Gasteiger partial charge >= 0.3 is 6.03 Å². The number of urea groups is 1. The van der Waals surface area contributed by atoms with Crippen molar-refractivity contribution in [1.29, 1.82) is 0 Å². The van der Waals surface area contributed by atoms with Gasteiger partial charge in [-0.1, -0.05) is 24.4 Å². The van der Waals surface area contributed by atoms with Gasteiger partial charge in [-0.25, -0.2) is 4.79 Å². The standard InChI is InChI=1S/C26H36N4O5/c1-17-22(18(2)35-29-17)16-34-21-12-10-19(11-13-21)25(32)28-23-15-30(14-6-9-24(23)31)26(33)27-20-7-4-3-5-8-20/h10-13,20,23-24,31H,3-9,14-16H2,1-2H3,(H,27,33)(H,28,32)/t23-,24+/m0/s1. The molecule has 2 aliphatic rings. The van der Waals surface area contributed by atoms with E-state index in [1.54, 1.807) is 29.2 Å². The summed E-state index contributed by atoms with van der Waals surface area (Å²) in [6, 6.07) is 6.43. The summed E-state index contributed by atoms with van der Waals surface area (Å²) in [5.41, 5.74) is 2.16. The lowest BCUT2D eigenvalue weighted by Crippen LogP contribution is -2.53. The molecule has 0 spiro atoms. The highest BCUT2D eigenvalue weighted by molar-refractivity contribution is 5.94. The third-order valence-corrected chi connectivity index (χ3v) is 7.03. The molecule has 1 aliphatic heterocycles. The lowest BCUT2D eigenvalue weighted by molar-refractivity contribution is 0.0808. The molecule has 2 heterocycles. The van der Waals surface area contributed by atoms with Crippen molar-refractivity contribution in [2.24, 2.45) is 0 Å². The number of nitrogens with one attached hydrogen (secondary N) is 2. The van der Waals surface area contributed by atoms with E-state index in [9.17, 15) is 14.7 Å². The van der Waals surface area contributed by atoms with Gasteiger partial charge in [0.25, 0.3) is 5.91 Å². The van der Waals surface area contributed by atoms with Crippen LogP contribution in [0.3, 0.4) is 0 Å². The van der Waals surface area contributed by atoms with Crippen LogP contribution in [0.15, 0.2) is 28.8 Å². The minimum atomic E-state index is -0.705. The first-order valence-electron chi connectivity index (χ1n) is 12.6. The number of aryl methyl sites for hydroxylation is 2. The summed E-state index contributed by atoms with van der Waals surface area (Å²) in [6.07, 6.45) is 6.07. The normalized spacial score (nSPS) is 21.3. The van der Waals surface area contributed by atoms with Gasteiger partial charge in [-0.2, -0.15) is 0 Å². The van der Waals surface area contributed by atoms with Crippen LogP contribution >= 0.6 is 0 Å². The Morgan fingerprint density at radius 3 is 2.51 bits per heavy atom. The molecular formula is C26H36N4O5. The van der Waals surface area contributed by atoms with E-state index >= 15 is 0 Å². The molecule has 190 valence electrons. The van der Waals surface area contributed by atoms with Crippen LogP contribution in [0, 0.1) is 13.8 Å². The predicted molar refractivity (Wildman–Crippen MR) is 130 cm³/mol. The van der Waals surface area contributed by atoms with Crippen molar-refractivity contribution in [2.45, 2.75) is 83.6 Å². The molecule has 2 aromatic rings. The van der Waals surface area contributed by atoms with E-state index in [0.29, 0.717) is 37.3 Å². The number of hydrogen-bond donors (Lipinski definition) is 3. The van der Waals surface area contributed by atoms with E-state index in [4.69, 9.17) is 9.26 Å². The number of carbonyl (C=O) groups excluding carboxylic acids is 2. The van der Waals surface area contributed by atoms with Crippen LogP contribution in [0.2, 0.25) is 0 Å². The Hall–Kier alpha value is -3.07. The number of nitrogens with zero attached hydrogens (tertiary/aromatic N) is 2. The van der Waals surface area contributed by atoms with Crippen LogP contribution < -0.4 is 15.4 Å². The van der Waals surface area contributed by atoms with Crippen molar-refractivity contribution < 1.29 is 24.0 Å². The van der Waals surface area contributed by atoms with Gasteiger partial charge in [0.15, 0.2) is 0 Å². The maximum absolute atomic E-state index is 12.9. The molecule has 9 heteroatoms. The van der Waals surface area contributed by atoms with Crippen molar-refractivity contribution in [3.05, 3.63) is 46.8 Å². The van der Waals surface area contributed by atoms with Crippen molar-refractivity contribution in [1.82, 2.24) is 20.7 Å². The molecule has 1 saturated heterocycles. The van der Waals surface area contributed by atoms with Gasteiger partial charge in [-0.05, 0) is 63.8 Å². The van der Waals surface area contributed by atoms with Gasteiger partial charge in [0.05, 0.1) is 23.4 Å². The Bertz CT molecular complexity index is 980. The van der Waals surface area contributed by atoms with Crippen molar-refractivity contribution in [3.63, 3.8) is 0 Å². The zero-order valence-corrected chi connectivity index (χ0v) is 20.6. The second-order valence-electron chi connectivity index (χ2n) is 9.64. The fraction of sp³-hybridized carbons (Fsp3) is 0.577. The number of aliphatic hydroxyl groups is 1. The lowest BCUT2D eigenvalue weighted by Gasteiger charge is -2.30. The van der Waals surface area contributed by atoms with E-state index in [1.165, 1.54) is 6.42 Å². The summed E-state index contributed by atoms with van der Waals surface area (Å²) in [4.78, 5) is 27.5. The fourth-order valence-electron chi connectivity index (χ4n) is 4.80. The highest BCUT2D eigenvalue weighted by Crippen LogP contribution is 2.20. The molecular weight excluding hydrogens is 448 g/mol. The van der Waals surface area contributed by atoms with Gasteiger partial charge < -0.3 is 29.9 Å². The third-order valence-electron chi connectivity index (χ3n) is 7.03. The van der Waals surface area contributed by atoms with Gasteiger partial charge in [-0.15, -0.1) is 0 Å². The molecule has 4 rings (SSSR count). The largest absolute Gasteiger partial charge is 0.489 e. The van der Waals surface area contributed by atoms with Gasteiger partial charge in [-0.3, -0.25) is 4.79 Å². The molecule has 35 heavy (non-hydrogen) atoms. The molecule has 1 saturated carbocycles. The number of amides is 3. The van der Waals surface area contributed by atoms with E-state index in [0.717, 1.165) is 42.7 Å². The van der Waals surface area contributed by atoms with E-state index in [1.807, 2.05) is 13.8 Å². The molecule has 0 bridgehead atoms. The zero-order valence-electron chi connectivity index (χ0n) is 20.6. The number of aliphatic hydroxyl groups excluding tert-OH is 1. The fourth-order valence-corrected chi connectivity index (χ4v) is 4.80. The molecule has 3 N–H and O–H groups in total. The number of likely N-dealkylation sites (tertiary alicyclic amines) is 1. The van der Waals surface area contributed by atoms with Crippen LogP contribution in [0.5, 0.6) is 5.75 Å². The average molecular weight is 485 g/mol. The summed E-state index contributed by atoms with van der Waals surface area (Å²) in [5.74, 6) is 1.06. The van der Waals surface area contributed by atoms with Crippen molar-refractivity contribution >= 4 is 11.9 Å². The maximum Gasteiger partial charge on any atom is 0.317 e. The molecule has 3 amide bonds. The van der Waals surface area contributed by atoms with Crippen LogP contribution in [-0.4, -0.2) is 58.4 Å². The zero-order chi connectivity index (χ0) is 24.8. The second kappa shape index (κ2) is 11.6. The maximum atomic E-state index is 12.9. The third kappa shape index (κ3) is 6.54. The number of hydrogen-bond acceptors (Lipinski definition) is 6. The number of ether oxygens (including phenoxy) is 1. The first-order chi connectivity index (χ1) is 16.9. The summed E-state index contributed by atoms with van der Waals surface area (Å²) >= 11 is 0. The first kappa shape index (κ1) is 25.0. The number of rotatable bonds is 6.